The van der Waals surface area contributed by atoms with Crippen LogP contribution in [-0.4, -0.2) is 29.9 Å². The maximum Gasteiger partial charge on any atom is 0.244 e. The molecule has 1 aliphatic heterocycles. The van der Waals surface area contributed by atoms with Crippen molar-refractivity contribution in [2.24, 2.45) is 0 Å². The Hall–Kier alpha value is -1.22. The lowest BCUT2D eigenvalue weighted by molar-refractivity contribution is -0.131. The Morgan fingerprint density at radius 1 is 1.25 bits per heavy atom. The van der Waals surface area contributed by atoms with Crippen LogP contribution in [0.3, 0.4) is 0 Å². The highest BCUT2D eigenvalue weighted by atomic mass is 35.5. The van der Waals surface area contributed by atoms with E-state index in [0.717, 1.165) is 37.2 Å². The molecule has 1 fully saturated rings. The SMILES string of the molecule is Cc1cccc(Cl)c1NC(C)C(=O)N1CCCCCC1. The zero-order chi connectivity index (χ0) is 14.5. The summed E-state index contributed by atoms with van der Waals surface area (Å²) in [5, 5.41) is 3.94. The van der Waals surface area contributed by atoms with Gasteiger partial charge in [-0.3, -0.25) is 4.79 Å². The number of nitrogens with one attached hydrogen (secondary N) is 1. The van der Waals surface area contributed by atoms with Gasteiger partial charge < -0.3 is 10.2 Å². The molecular weight excluding hydrogens is 272 g/mol. The number of carbonyl (C=O) groups excluding carboxylic acids is 1. The third-order valence-electron chi connectivity index (χ3n) is 3.87. The van der Waals surface area contributed by atoms with Crippen LogP contribution >= 0.6 is 11.6 Å². The van der Waals surface area contributed by atoms with E-state index in [-0.39, 0.29) is 11.9 Å². The maximum absolute atomic E-state index is 12.5. The van der Waals surface area contributed by atoms with Crippen molar-refractivity contribution in [2.45, 2.75) is 45.6 Å². The van der Waals surface area contributed by atoms with Crippen molar-refractivity contribution in [2.75, 3.05) is 18.4 Å². The number of hydrogen-bond donors (Lipinski definition) is 1. The second kappa shape index (κ2) is 6.98. The van der Waals surface area contributed by atoms with Crippen LogP contribution in [0.2, 0.25) is 5.02 Å². The van der Waals surface area contributed by atoms with Crippen molar-refractivity contribution in [3.05, 3.63) is 28.8 Å². The molecule has 1 aromatic carbocycles. The highest BCUT2D eigenvalue weighted by Gasteiger charge is 2.22. The highest BCUT2D eigenvalue weighted by molar-refractivity contribution is 6.33. The Bertz CT molecular complexity index is 447. The zero-order valence-corrected chi connectivity index (χ0v) is 13.0. The summed E-state index contributed by atoms with van der Waals surface area (Å²) in [5.74, 6) is 0.172. The summed E-state index contributed by atoms with van der Waals surface area (Å²) in [7, 11) is 0. The molecule has 0 spiro atoms. The fourth-order valence-electron chi connectivity index (χ4n) is 2.66. The fourth-order valence-corrected chi connectivity index (χ4v) is 2.93. The lowest BCUT2D eigenvalue weighted by Crippen LogP contribution is -2.42. The maximum atomic E-state index is 12.5. The minimum Gasteiger partial charge on any atom is -0.372 e. The third-order valence-corrected chi connectivity index (χ3v) is 4.19. The van der Waals surface area contributed by atoms with Gasteiger partial charge >= 0.3 is 0 Å². The number of para-hydroxylation sites is 1. The normalized spacial score (nSPS) is 17.4. The molecule has 1 N–H and O–H groups in total. The van der Waals surface area contributed by atoms with E-state index in [2.05, 4.69) is 5.32 Å². The summed E-state index contributed by atoms with van der Waals surface area (Å²) < 4.78 is 0. The average molecular weight is 295 g/mol. The van der Waals surface area contributed by atoms with Gasteiger partial charge in [0.1, 0.15) is 6.04 Å². The average Bonchev–Trinajstić information content (AvgIpc) is 2.71. The molecule has 3 nitrogen and oxygen atoms in total. The van der Waals surface area contributed by atoms with Gasteiger partial charge in [-0.05, 0) is 38.3 Å². The van der Waals surface area contributed by atoms with E-state index in [1.807, 2.05) is 36.9 Å². The Morgan fingerprint density at radius 2 is 1.90 bits per heavy atom. The molecule has 0 bridgehead atoms. The minimum atomic E-state index is -0.244. The van der Waals surface area contributed by atoms with E-state index in [9.17, 15) is 4.79 Å². The molecule has 0 radical (unpaired) electrons. The van der Waals surface area contributed by atoms with Gasteiger partial charge in [-0.2, -0.15) is 0 Å². The second-order valence-electron chi connectivity index (χ2n) is 5.54. The molecular formula is C16H23ClN2O. The number of aryl methyl sites for hydroxylation is 1. The van der Waals surface area contributed by atoms with Crippen LogP contribution < -0.4 is 5.32 Å². The molecule has 1 amide bonds. The van der Waals surface area contributed by atoms with Gasteiger partial charge in [0.2, 0.25) is 5.91 Å². The summed E-state index contributed by atoms with van der Waals surface area (Å²) >= 11 is 6.20. The number of rotatable bonds is 3. The summed E-state index contributed by atoms with van der Waals surface area (Å²) in [6, 6.07) is 5.52. The molecule has 110 valence electrons. The molecule has 1 aromatic rings. The molecule has 4 heteroatoms. The van der Waals surface area contributed by atoms with Crippen molar-refractivity contribution in [1.29, 1.82) is 0 Å². The third kappa shape index (κ3) is 3.66. The van der Waals surface area contributed by atoms with Gasteiger partial charge in [0, 0.05) is 13.1 Å². The van der Waals surface area contributed by atoms with E-state index < -0.39 is 0 Å². The Labute approximate surface area is 126 Å². The van der Waals surface area contributed by atoms with Gasteiger partial charge in [0.05, 0.1) is 10.7 Å². The van der Waals surface area contributed by atoms with Crippen molar-refractivity contribution in [3.63, 3.8) is 0 Å². The predicted molar refractivity (Wildman–Crippen MR) is 84.3 cm³/mol. The van der Waals surface area contributed by atoms with E-state index >= 15 is 0 Å². The molecule has 1 saturated heterocycles. The van der Waals surface area contributed by atoms with Gasteiger partial charge in [0.15, 0.2) is 0 Å². The van der Waals surface area contributed by atoms with E-state index in [0.29, 0.717) is 5.02 Å². The van der Waals surface area contributed by atoms with Gasteiger partial charge in [-0.1, -0.05) is 36.6 Å². The van der Waals surface area contributed by atoms with Crippen LogP contribution in [0.1, 0.15) is 38.2 Å². The molecule has 2 rings (SSSR count). The number of amides is 1. The smallest absolute Gasteiger partial charge is 0.244 e. The number of hydrogen-bond acceptors (Lipinski definition) is 2. The van der Waals surface area contributed by atoms with E-state index in [1.54, 1.807) is 0 Å². The monoisotopic (exact) mass is 294 g/mol. The van der Waals surface area contributed by atoms with E-state index in [1.165, 1.54) is 12.8 Å². The minimum absolute atomic E-state index is 0.172. The summed E-state index contributed by atoms with van der Waals surface area (Å²) in [6.45, 7) is 5.67. The predicted octanol–water partition coefficient (Wildman–Crippen LogP) is 3.85. The first-order valence-corrected chi connectivity index (χ1v) is 7.78. The first-order chi connectivity index (χ1) is 9.59. The largest absolute Gasteiger partial charge is 0.372 e. The Balaban J connectivity index is 2.03. The highest BCUT2D eigenvalue weighted by Crippen LogP contribution is 2.26. The number of likely N-dealkylation sites (tertiary alicyclic amines) is 1. The number of anilines is 1. The molecule has 1 aliphatic rings. The molecule has 1 heterocycles. The summed E-state index contributed by atoms with van der Waals surface area (Å²) in [4.78, 5) is 14.5. The van der Waals surface area contributed by atoms with Crippen molar-refractivity contribution in [1.82, 2.24) is 4.90 Å². The standard InChI is InChI=1S/C16H23ClN2O/c1-12-8-7-9-14(17)15(12)18-13(2)16(20)19-10-5-3-4-6-11-19/h7-9,13,18H,3-6,10-11H2,1-2H3. The number of benzene rings is 1. The zero-order valence-electron chi connectivity index (χ0n) is 12.3. The van der Waals surface area contributed by atoms with Gasteiger partial charge in [-0.15, -0.1) is 0 Å². The first kappa shape index (κ1) is 15.2. The van der Waals surface area contributed by atoms with Crippen LogP contribution in [0.15, 0.2) is 18.2 Å². The lowest BCUT2D eigenvalue weighted by Gasteiger charge is -2.26. The van der Waals surface area contributed by atoms with Crippen LogP contribution in [0, 0.1) is 6.92 Å². The fraction of sp³-hybridized carbons (Fsp3) is 0.562. The van der Waals surface area contributed by atoms with Crippen molar-refractivity contribution >= 4 is 23.2 Å². The Morgan fingerprint density at radius 3 is 2.50 bits per heavy atom. The quantitative estimate of drug-likeness (QED) is 0.918. The Kier molecular flexibility index (Phi) is 5.30. The van der Waals surface area contributed by atoms with Crippen molar-refractivity contribution in [3.8, 4) is 0 Å². The number of halogens is 1. The topological polar surface area (TPSA) is 32.3 Å². The molecule has 1 atom stereocenters. The van der Waals surface area contributed by atoms with Crippen LogP contribution in [-0.2, 0) is 4.79 Å². The number of carbonyl (C=O) groups is 1. The van der Waals surface area contributed by atoms with E-state index in [4.69, 9.17) is 11.6 Å². The van der Waals surface area contributed by atoms with Crippen LogP contribution in [0.4, 0.5) is 5.69 Å². The van der Waals surface area contributed by atoms with Crippen LogP contribution in [0.5, 0.6) is 0 Å². The first-order valence-electron chi connectivity index (χ1n) is 7.40. The lowest BCUT2D eigenvalue weighted by atomic mass is 10.1. The van der Waals surface area contributed by atoms with Crippen LogP contribution in [0.25, 0.3) is 0 Å². The summed E-state index contributed by atoms with van der Waals surface area (Å²) in [5.41, 5.74) is 1.93. The molecule has 0 aromatic heterocycles. The molecule has 20 heavy (non-hydrogen) atoms. The van der Waals surface area contributed by atoms with Gasteiger partial charge in [0.25, 0.3) is 0 Å². The van der Waals surface area contributed by atoms with Crippen molar-refractivity contribution < 1.29 is 4.79 Å². The molecule has 0 saturated carbocycles. The second-order valence-corrected chi connectivity index (χ2v) is 5.94. The van der Waals surface area contributed by atoms with Gasteiger partial charge in [-0.25, -0.2) is 0 Å². The molecule has 0 aliphatic carbocycles. The number of nitrogens with zero attached hydrogens (tertiary/aromatic N) is 1. The summed E-state index contributed by atoms with van der Waals surface area (Å²) in [6.07, 6.45) is 4.69. The molecule has 1 unspecified atom stereocenters.